The van der Waals surface area contributed by atoms with Crippen molar-refractivity contribution in [1.82, 2.24) is 15.5 Å². The maximum absolute atomic E-state index is 12.5. The molecule has 0 bridgehead atoms. The fourth-order valence-electron chi connectivity index (χ4n) is 3.29. The minimum atomic E-state index is -4.20. The lowest BCUT2D eigenvalue weighted by molar-refractivity contribution is -0.133. The molecule has 2 aliphatic rings. The Kier molecular flexibility index (Phi) is 8.07. The first-order chi connectivity index (χ1) is 13.7. The van der Waals surface area contributed by atoms with Crippen LogP contribution in [0.2, 0.25) is 0 Å². The first-order valence-corrected chi connectivity index (χ1v) is 9.55. The van der Waals surface area contributed by atoms with Gasteiger partial charge in [0.15, 0.2) is 0 Å². The van der Waals surface area contributed by atoms with Gasteiger partial charge in [-0.1, -0.05) is 6.08 Å². The van der Waals surface area contributed by atoms with Crippen molar-refractivity contribution in [3.05, 3.63) is 46.5 Å². The van der Waals surface area contributed by atoms with E-state index in [0.717, 1.165) is 36.2 Å². The summed E-state index contributed by atoms with van der Waals surface area (Å²) in [6.07, 6.45) is 4.24. The largest absolute Gasteiger partial charge is 0.404 e. The molecule has 1 aliphatic carbocycles. The maximum Gasteiger partial charge on any atom is 0.390 e. The lowest BCUT2D eigenvalue weighted by Gasteiger charge is -2.29. The Labute approximate surface area is 169 Å². The SMILES string of the molecule is CN=CC(=CN)C1=CC(NC(=N)C2=C(NCCC(F)(F)F)CCN(C)C2)=CCC1. The van der Waals surface area contributed by atoms with Crippen LogP contribution in [0.3, 0.4) is 0 Å². The van der Waals surface area contributed by atoms with Crippen molar-refractivity contribution in [3.8, 4) is 0 Å². The van der Waals surface area contributed by atoms with Crippen molar-refractivity contribution in [2.45, 2.75) is 31.9 Å². The second-order valence-corrected chi connectivity index (χ2v) is 7.11. The van der Waals surface area contributed by atoms with Gasteiger partial charge in [-0.3, -0.25) is 10.4 Å². The first kappa shape index (κ1) is 22.7. The summed E-state index contributed by atoms with van der Waals surface area (Å²) in [7, 11) is 3.61. The summed E-state index contributed by atoms with van der Waals surface area (Å²) in [6.45, 7) is 1.05. The average Bonchev–Trinajstić information content (AvgIpc) is 2.66. The molecule has 0 spiro atoms. The summed E-state index contributed by atoms with van der Waals surface area (Å²) < 4.78 is 37.4. The molecule has 0 radical (unpaired) electrons. The predicted octanol–water partition coefficient (Wildman–Crippen LogP) is 2.83. The summed E-state index contributed by atoms with van der Waals surface area (Å²) in [5.41, 5.74) is 9.70. The zero-order valence-electron chi connectivity index (χ0n) is 16.9. The summed E-state index contributed by atoms with van der Waals surface area (Å²) in [5.74, 6) is 0.192. The van der Waals surface area contributed by atoms with E-state index in [-0.39, 0.29) is 12.4 Å². The molecule has 0 saturated heterocycles. The van der Waals surface area contributed by atoms with E-state index in [1.54, 1.807) is 13.3 Å². The van der Waals surface area contributed by atoms with Crippen molar-refractivity contribution < 1.29 is 13.2 Å². The monoisotopic (exact) mass is 410 g/mol. The van der Waals surface area contributed by atoms with Crippen molar-refractivity contribution in [3.63, 3.8) is 0 Å². The number of hydrogen-bond acceptors (Lipinski definition) is 5. The number of nitrogens with zero attached hydrogens (tertiary/aromatic N) is 2. The van der Waals surface area contributed by atoms with Crippen LogP contribution < -0.4 is 16.4 Å². The topological polar surface area (TPSA) is 89.5 Å². The normalized spacial score (nSPS) is 19.3. The van der Waals surface area contributed by atoms with Crippen LogP contribution in [0.5, 0.6) is 0 Å². The number of rotatable bonds is 7. The Morgan fingerprint density at radius 1 is 1.38 bits per heavy atom. The molecule has 2 rings (SSSR count). The Morgan fingerprint density at radius 2 is 2.14 bits per heavy atom. The molecule has 29 heavy (non-hydrogen) atoms. The molecule has 0 saturated carbocycles. The Hall–Kier alpha value is -2.55. The lowest BCUT2D eigenvalue weighted by Crippen LogP contribution is -2.39. The van der Waals surface area contributed by atoms with E-state index in [9.17, 15) is 13.2 Å². The second-order valence-electron chi connectivity index (χ2n) is 7.11. The zero-order chi connectivity index (χ0) is 21.4. The third kappa shape index (κ3) is 7.08. The van der Waals surface area contributed by atoms with Crippen LogP contribution in [0.1, 0.15) is 25.7 Å². The van der Waals surface area contributed by atoms with Crippen molar-refractivity contribution in [2.75, 3.05) is 33.7 Å². The molecule has 160 valence electrons. The third-order valence-electron chi connectivity index (χ3n) is 4.78. The van der Waals surface area contributed by atoms with E-state index in [1.807, 2.05) is 24.1 Å². The number of alkyl halides is 3. The van der Waals surface area contributed by atoms with Gasteiger partial charge in [0.1, 0.15) is 5.84 Å². The Balaban J connectivity index is 2.13. The van der Waals surface area contributed by atoms with Crippen LogP contribution in [0, 0.1) is 5.41 Å². The number of nitrogens with two attached hydrogens (primary N) is 1. The van der Waals surface area contributed by atoms with Gasteiger partial charge in [0, 0.05) is 68.1 Å². The second kappa shape index (κ2) is 10.3. The fourth-order valence-corrected chi connectivity index (χ4v) is 3.29. The van der Waals surface area contributed by atoms with Gasteiger partial charge >= 0.3 is 6.18 Å². The van der Waals surface area contributed by atoms with Gasteiger partial charge in [-0.15, -0.1) is 0 Å². The summed E-state index contributed by atoms with van der Waals surface area (Å²) in [4.78, 5) is 6.05. The number of allylic oxidation sites excluding steroid dienone is 4. The highest BCUT2D eigenvalue weighted by atomic mass is 19.4. The number of amidine groups is 1. The molecule has 0 aromatic heterocycles. The smallest absolute Gasteiger partial charge is 0.390 e. The molecule has 0 aromatic carbocycles. The van der Waals surface area contributed by atoms with E-state index in [1.165, 1.54) is 6.20 Å². The number of nitrogens with one attached hydrogen (secondary N) is 3. The van der Waals surface area contributed by atoms with Gasteiger partial charge in [0.25, 0.3) is 0 Å². The van der Waals surface area contributed by atoms with Crippen LogP contribution in [-0.4, -0.2) is 56.9 Å². The molecular formula is C20H29F3N6. The number of halogens is 3. The number of likely N-dealkylation sites (N-methyl/N-ethyl adjacent to an activating group) is 1. The molecule has 1 heterocycles. The standard InChI is InChI=1S/C20H29F3N6/c1-26-12-15(11-24)14-4-3-5-16(10-14)28-19(25)17-13-29(2)9-6-18(17)27-8-7-20(21,22)23/h5,10-12,27H,3-4,6-9,13,24H2,1-2H3,(H2,25,28). The van der Waals surface area contributed by atoms with Crippen molar-refractivity contribution in [2.24, 2.45) is 10.7 Å². The number of aliphatic imine (C=N–C) groups is 1. The highest BCUT2D eigenvalue weighted by molar-refractivity contribution is 5.98. The molecule has 6 nitrogen and oxygen atoms in total. The van der Waals surface area contributed by atoms with E-state index < -0.39 is 12.6 Å². The van der Waals surface area contributed by atoms with Gasteiger partial charge in [0.2, 0.25) is 0 Å². The molecule has 1 aliphatic heterocycles. The van der Waals surface area contributed by atoms with Crippen molar-refractivity contribution in [1.29, 1.82) is 5.41 Å². The van der Waals surface area contributed by atoms with Crippen LogP contribution in [-0.2, 0) is 0 Å². The molecule has 0 amide bonds. The average molecular weight is 410 g/mol. The van der Waals surface area contributed by atoms with E-state index in [0.29, 0.717) is 24.2 Å². The van der Waals surface area contributed by atoms with Gasteiger partial charge in [-0.05, 0) is 31.5 Å². The molecule has 0 fully saturated rings. The highest BCUT2D eigenvalue weighted by Crippen LogP contribution is 2.23. The lowest BCUT2D eigenvalue weighted by atomic mass is 9.96. The van der Waals surface area contributed by atoms with Crippen LogP contribution in [0.15, 0.2) is 51.5 Å². The molecule has 9 heteroatoms. The molecule has 5 N–H and O–H groups in total. The Bertz CT molecular complexity index is 759. The predicted molar refractivity (Wildman–Crippen MR) is 111 cm³/mol. The molecule has 0 unspecified atom stereocenters. The van der Waals surface area contributed by atoms with Gasteiger partial charge in [0.05, 0.1) is 6.42 Å². The third-order valence-corrected chi connectivity index (χ3v) is 4.78. The van der Waals surface area contributed by atoms with E-state index in [2.05, 4.69) is 15.6 Å². The maximum atomic E-state index is 12.5. The van der Waals surface area contributed by atoms with Crippen LogP contribution >= 0.6 is 0 Å². The molecule has 0 aromatic rings. The highest BCUT2D eigenvalue weighted by Gasteiger charge is 2.27. The van der Waals surface area contributed by atoms with E-state index in [4.69, 9.17) is 11.1 Å². The summed E-state index contributed by atoms with van der Waals surface area (Å²) in [6, 6.07) is 0. The van der Waals surface area contributed by atoms with Gasteiger partial charge in [-0.25, -0.2) is 0 Å². The quantitative estimate of drug-likeness (QED) is 0.384. The minimum Gasteiger partial charge on any atom is -0.404 e. The zero-order valence-corrected chi connectivity index (χ0v) is 16.9. The van der Waals surface area contributed by atoms with Crippen LogP contribution in [0.4, 0.5) is 13.2 Å². The first-order valence-electron chi connectivity index (χ1n) is 9.55. The van der Waals surface area contributed by atoms with Gasteiger partial charge in [-0.2, -0.15) is 13.2 Å². The molecular weight excluding hydrogens is 381 g/mol. The Morgan fingerprint density at radius 3 is 2.79 bits per heavy atom. The fraction of sp³-hybridized carbons (Fsp3) is 0.500. The number of hydrogen-bond donors (Lipinski definition) is 4. The van der Waals surface area contributed by atoms with E-state index >= 15 is 0 Å². The van der Waals surface area contributed by atoms with Crippen molar-refractivity contribution >= 4 is 12.1 Å². The summed E-state index contributed by atoms with van der Waals surface area (Å²) >= 11 is 0. The van der Waals surface area contributed by atoms with Gasteiger partial charge < -0.3 is 21.3 Å². The summed E-state index contributed by atoms with van der Waals surface area (Å²) in [5, 5.41) is 14.5. The minimum absolute atomic E-state index is 0.187. The molecule has 0 atom stereocenters. The van der Waals surface area contributed by atoms with Crippen LogP contribution in [0.25, 0.3) is 0 Å².